The summed E-state index contributed by atoms with van der Waals surface area (Å²) < 4.78 is 13.3. The summed E-state index contributed by atoms with van der Waals surface area (Å²) in [4.78, 5) is 0. The predicted molar refractivity (Wildman–Crippen MR) is 65.4 cm³/mol. The Morgan fingerprint density at radius 2 is 1.73 bits per heavy atom. The van der Waals surface area contributed by atoms with Gasteiger partial charge < -0.3 is 9.47 Å². The molecule has 1 heterocycles. The molecule has 0 spiro atoms. The van der Waals surface area contributed by atoms with Crippen molar-refractivity contribution in [2.45, 2.75) is 32.3 Å². The Labute approximate surface area is 106 Å². The second-order valence-corrected chi connectivity index (χ2v) is 5.36. The molecule has 4 heteroatoms. The van der Waals surface area contributed by atoms with Gasteiger partial charge in [-0.05, 0) is 24.6 Å². The summed E-state index contributed by atoms with van der Waals surface area (Å²) in [5.74, 6) is 0. The lowest BCUT2D eigenvalue weighted by atomic mass is 10.2. The highest BCUT2D eigenvalue weighted by Crippen LogP contribution is 2.36. The second kappa shape index (κ2) is 4.95. The van der Waals surface area contributed by atoms with Gasteiger partial charge >= 0.3 is 0 Å². The lowest BCUT2D eigenvalue weighted by Crippen LogP contribution is -2.34. The van der Waals surface area contributed by atoms with Gasteiger partial charge in [0.25, 0.3) is 0 Å². The molecule has 0 aliphatic carbocycles. The van der Waals surface area contributed by atoms with Gasteiger partial charge in [-0.2, -0.15) is 0 Å². The minimum atomic E-state index is -0.199. The second-order valence-electron chi connectivity index (χ2n) is 3.53. The van der Waals surface area contributed by atoms with E-state index >= 15 is 0 Å². The summed E-state index contributed by atoms with van der Waals surface area (Å²) >= 11 is 6.88. The van der Waals surface area contributed by atoms with E-state index in [4.69, 9.17) is 9.47 Å². The van der Waals surface area contributed by atoms with E-state index < -0.39 is 0 Å². The third-order valence-corrected chi connectivity index (χ3v) is 3.15. The van der Waals surface area contributed by atoms with Crippen molar-refractivity contribution in [3.63, 3.8) is 0 Å². The number of benzene rings is 1. The number of hydrogen-bond donors (Lipinski definition) is 0. The number of rotatable bonds is 3. The highest BCUT2D eigenvalue weighted by Gasteiger charge is 2.31. The third-order valence-electron chi connectivity index (χ3n) is 2.23. The molecule has 15 heavy (non-hydrogen) atoms. The topological polar surface area (TPSA) is 18.5 Å². The molecule has 1 saturated heterocycles. The lowest BCUT2D eigenvalue weighted by molar-refractivity contribution is -0.391. The van der Waals surface area contributed by atoms with E-state index in [0.717, 1.165) is 27.4 Å². The summed E-state index contributed by atoms with van der Waals surface area (Å²) in [6.45, 7) is 2.12. The molecule has 1 fully saturated rings. The van der Waals surface area contributed by atoms with Crippen LogP contribution in [-0.2, 0) is 9.47 Å². The molecule has 1 aliphatic rings. The number of hydrogen-bond acceptors (Lipinski definition) is 2. The molecule has 0 radical (unpaired) electrons. The first-order chi connectivity index (χ1) is 7.19. The highest BCUT2D eigenvalue weighted by atomic mass is 79.9. The summed E-state index contributed by atoms with van der Waals surface area (Å²) in [5, 5.41) is 0. The average Bonchev–Trinajstić information content (AvgIpc) is 2.08. The van der Waals surface area contributed by atoms with E-state index in [1.165, 1.54) is 0 Å². The molecule has 2 rings (SSSR count). The standard InChI is InChI=1S/C11H12Br2O2/c1-2-3-10-14-11(15-10)7-4-8(12)6-9(13)5-7/h4-6,10-11H,2-3H2,1H3. The van der Waals surface area contributed by atoms with Gasteiger partial charge in [0.05, 0.1) is 0 Å². The largest absolute Gasteiger partial charge is 0.319 e. The van der Waals surface area contributed by atoms with E-state index in [2.05, 4.69) is 38.8 Å². The Hall–Kier alpha value is 0.1000. The molecule has 0 saturated carbocycles. The van der Waals surface area contributed by atoms with Crippen LogP contribution in [0.25, 0.3) is 0 Å². The quantitative estimate of drug-likeness (QED) is 0.815. The van der Waals surface area contributed by atoms with Crippen molar-refractivity contribution in [2.24, 2.45) is 0 Å². The minimum absolute atomic E-state index is 0.0160. The molecule has 82 valence electrons. The monoisotopic (exact) mass is 334 g/mol. The molecular weight excluding hydrogens is 324 g/mol. The zero-order valence-electron chi connectivity index (χ0n) is 8.37. The van der Waals surface area contributed by atoms with Crippen LogP contribution in [-0.4, -0.2) is 6.29 Å². The molecule has 0 unspecified atom stereocenters. The first kappa shape index (κ1) is 11.6. The van der Waals surface area contributed by atoms with Crippen LogP contribution in [0.5, 0.6) is 0 Å². The predicted octanol–water partition coefficient (Wildman–Crippen LogP) is 4.38. The Balaban J connectivity index is 2.00. The van der Waals surface area contributed by atoms with Gasteiger partial charge in [0.2, 0.25) is 0 Å². The van der Waals surface area contributed by atoms with E-state index in [9.17, 15) is 0 Å². The van der Waals surface area contributed by atoms with Gasteiger partial charge in [0, 0.05) is 14.5 Å². The van der Waals surface area contributed by atoms with E-state index in [0.29, 0.717) is 0 Å². The van der Waals surface area contributed by atoms with Crippen molar-refractivity contribution in [3.8, 4) is 0 Å². The van der Waals surface area contributed by atoms with Crippen LogP contribution >= 0.6 is 31.9 Å². The van der Waals surface area contributed by atoms with Crippen LogP contribution < -0.4 is 0 Å². The van der Waals surface area contributed by atoms with Crippen molar-refractivity contribution in [1.29, 1.82) is 0 Å². The van der Waals surface area contributed by atoms with E-state index in [1.54, 1.807) is 0 Å². The van der Waals surface area contributed by atoms with Crippen molar-refractivity contribution in [3.05, 3.63) is 32.7 Å². The van der Waals surface area contributed by atoms with Gasteiger partial charge in [0.15, 0.2) is 12.6 Å². The summed E-state index contributed by atoms with van der Waals surface area (Å²) in [5.41, 5.74) is 1.05. The van der Waals surface area contributed by atoms with Crippen LogP contribution in [0.2, 0.25) is 0 Å². The number of halogens is 2. The molecule has 0 atom stereocenters. The maximum atomic E-state index is 5.61. The van der Waals surface area contributed by atoms with Gasteiger partial charge in [0.1, 0.15) is 0 Å². The average molecular weight is 336 g/mol. The van der Waals surface area contributed by atoms with Crippen molar-refractivity contribution < 1.29 is 9.47 Å². The van der Waals surface area contributed by atoms with Crippen LogP contribution in [0.15, 0.2) is 27.1 Å². The molecule has 0 aromatic heterocycles. The molecular formula is C11H12Br2O2. The molecule has 0 amide bonds. The first-order valence-corrected chi connectivity index (χ1v) is 6.54. The smallest absolute Gasteiger partial charge is 0.189 e. The van der Waals surface area contributed by atoms with E-state index in [1.807, 2.05) is 18.2 Å². The Kier molecular flexibility index (Phi) is 3.83. The fourth-order valence-electron chi connectivity index (χ4n) is 1.53. The number of ether oxygens (including phenoxy) is 2. The van der Waals surface area contributed by atoms with E-state index in [-0.39, 0.29) is 12.6 Å². The normalized spacial score (nSPS) is 25.0. The Morgan fingerprint density at radius 3 is 2.27 bits per heavy atom. The SMILES string of the molecule is CCCC1OC(c2cc(Br)cc(Br)c2)O1. The third kappa shape index (κ3) is 2.81. The summed E-state index contributed by atoms with van der Waals surface area (Å²) in [6.07, 6.45) is 1.83. The van der Waals surface area contributed by atoms with Gasteiger partial charge in [-0.3, -0.25) is 0 Å². The maximum Gasteiger partial charge on any atom is 0.189 e. The zero-order chi connectivity index (χ0) is 10.8. The van der Waals surface area contributed by atoms with Crippen molar-refractivity contribution >= 4 is 31.9 Å². The van der Waals surface area contributed by atoms with Gasteiger partial charge in [-0.1, -0.05) is 45.2 Å². The van der Waals surface area contributed by atoms with Crippen LogP contribution in [0.4, 0.5) is 0 Å². The molecule has 1 aromatic carbocycles. The Morgan fingerprint density at radius 1 is 1.13 bits per heavy atom. The minimum Gasteiger partial charge on any atom is -0.319 e. The summed E-state index contributed by atoms with van der Waals surface area (Å²) in [7, 11) is 0. The maximum absolute atomic E-state index is 5.61. The van der Waals surface area contributed by atoms with Crippen molar-refractivity contribution in [2.75, 3.05) is 0 Å². The highest BCUT2D eigenvalue weighted by molar-refractivity contribution is 9.11. The zero-order valence-corrected chi connectivity index (χ0v) is 11.5. The molecule has 0 N–H and O–H groups in total. The fraction of sp³-hybridized carbons (Fsp3) is 0.455. The lowest BCUT2D eigenvalue weighted by Gasteiger charge is -2.36. The van der Waals surface area contributed by atoms with Crippen LogP contribution in [0.1, 0.15) is 31.6 Å². The van der Waals surface area contributed by atoms with Crippen LogP contribution in [0, 0.1) is 0 Å². The summed E-state index contributed by atoms with van der Waals surface area (Å²) in [6, 6.07) is 6.01. The van der Waals surface area contributed by atoms with Gasteiger partial charge in [-0.15, -0.1) is 0 Å². The fourth-order valence-corrected chi connectivity index (χ4v) is 2.86. The molecule has 0 bridgehead atoms. The Bertz CT molecular complexity index is 328. The molecule has 1 aromatic rings. The molecule has 1 aliphatic heterocycles. The van der Waals surface area contributed by atoms with Crippen LogP contribution in [0.3, 0.4) is 0 Å². The molecule has 2 nitrogen and oxygen atoms in total. The van der Waals surface area contributed by atoms with Gasteiger partial charge in [-0.25, -0.2) is 0 Å². The first-order valence-electron chi connectivity index (χ1n) is 4.96. The van der Waals surface area contributed by atoms with Crippen molar-refractivity contribution in [1.82, 2.24) is 0 Å².